The number of nitrogens with zero attached hydrogens (tertiary/aromatic N) is 3. The van der Waals surface area contributed by atoms with Gasteiger partial charge in [0.1, 0.15) is 5.82 Å². The van der Waals surface area contributed by atoms with E-state index in [1.54, 1.807) is 12.1 Å². The topological polar surface area (TPSA) is 51.4 Å². The fourth-order valence-electron chi connectivity index (χ4n) is 2.98. The minimum atomic E-state index is -0.228. The van der Waals surface area contributed by atoms with Crippen molar-refractivity contribution >= 4 is 0 Å². The van der Waals surface area contributed by atoms with Gasteiger partial charge in [0.2, 0.25) is 5.89 Å². The second-order valence-corrected chi connectivity index (χ2v) is 6.35. The normalized spacial score (nSPS) is 23.8. The Labute approximate surface area is 134 Å². The van der Waals surface area contributed by atoms with Gasteiger partial charge in [0, 0.05) is 19.0 Å². The first kappa shape index (κ1) is 14.8. The van der Waals surface area contributed by atoms with Crippen LogP contribution in [0.5, 0.6) is 0 Å². The zero-order chi connectivity index (χ0) is 15.8. The summed E-state index contributed by atoms with van der Waals surface area (Å²) in [5.74, 6) is 1.78. The first-order chi connectivity index (χ1) is 11.2. The highest BCUT2D eigenvalue weighted by Gasteiger charge is 2.32. The van der Waals surface area contributed by atoms with Crippen molar-refractivity contribution in [2.75, 3.05) is 19.7 Å². The minimum Gasteiger partial charge on any atom is -0.371 e. The van der Waals surface area contributed by atoms with E-state index in [2.05, 4.69) is 22.0 Å². The van der Waals surface area contributed by atoms with Gasteiger partial charge in [-0.25, -0.2) is 4.39 Å². The lowest BCUT2D eigenvalue weighted by molar-refractivity contribution is -0.0469. The maximum absolute atomic E-state index is 13.1. The molecule has 0 spiro atoms. The van der Waals surface area contributed by atoms with Gasteiger partial charge in [-0.05, 0) is 37.5 Å². The van der Waals surface area contributed by atoms with E-state index in [1.165, 1.54) is 12.1 Å². The van der Waals surface area contributed by atoms with Crippen molar-refractivity contribution in [3.8, 4) is 0 Å². The molecule has 6 heteroatoms. The quantitative estimate of drug-likeness (QED) is 0.866. The van der Waals surface area contributed by atoms with Crippen molar-refractivity contribution in [1.29, 1.82) is 0 Å². The zero-order valence-corrected chi connectivity index (χ0v) is 13.1. The predicted octanol–water partition coefficient (Wildman–Crippen LogP) is 3.22. The second-order valence-electron chi connectivity index (χ2n) is 6.35. The number of hydrogen-bond donors (Lipinski definition) is 0. The Balaban J connectivity index is 1.46. The maximum atomic E-state index is 13.1. The molecule has 0 radical (unpaired) electrons. The Bertz CT molecular complexity index is 669. The largest absolute Gasteiger partial charge is 0.371 e. The van der Waals surface area contributed by atoms with E-state index in [0.29, 0.717) is 18.4 Å². The lowest BCUT2D eigenvalue weighted by atomic mass is 10.1. The summed E-state index contributed by atoms with van der Waals surface area (Å²) in [4.78, 5) is 6.83. The van der Waals surface area contributed by atoms with Crippen LogP contribution in [-0.4, -0.2) is 34.7 Å². The smallest absolute Gasteiger partial charge is 0.243 e. The lowest BCUT2D eigenvalue weighted by Gasteiger charge is -2.35. The van der Waals surface area contributed by atoms with Crippen molar-refractivity contribution in [1.82, 2.24) is 15.0 Å². The van der Waals surface area contributed by atoms with Gasteiger partial charge in [-0.2, -0.15) is 4.98 Å². The van der Waals surface area contributed by atoms with E-state index in [9.17, 15) is 4.39 Å². The molecule has 2 atom stereocenters. The van der Waals surface area contributed by atoms with Crippen LogP contribution in [0.3, 0.4) is 0 Å². The van der Waals surface area contributed by atoms with E-state index in [1.807, 2.05) is 0 Å². The van der Waals surface area contributed by atoms with Gasteiger partial charge in [-0.1, -0.05) is 17.3 Å². The molecule has 2 fully saturated rings. The molecule has 2 aromatic rings. The van der Waals surface area contributed by atoms with Crippen LogP contribution in [0, 0.1) is 5.82 Å². The van der Waals surface area contributed by atoms with Crippen molar-refractivity contribution in [2.45, 2.75) is 37.8 Å². The third-order valence-corrected chi connectivity index (χ3v) is 4.64. The van der Waals surface area contributed by atoms with E-state index < -0.39 is 0 Å². The van der Waals surface area contributed by atoms with Gasteiger partial charge in [0.25, 0.3) is 0 Å². The number of aromatic nitrogens is 2. The molecule has 0 bridgehead atoms. The molecule has 1 saturated carbocycles. The summed E-state index contributed by atoms with van der Waals surface area (Å²) < 4.78 is 24.4. The summed E-state index contributed by atoms with van der Waals surface area (Å²) in [5, 5.41) is 4.10. The summed E-state index contributed by atoms with van der Waals surface area (Å²) in [6, 6.07) is 6.57. The van der Waals surface area contributed by atoms with Crippen molar-refractivity contribution in [3.05, 3.63) is 47.4 Å². The number of morpholine rings is 1. The fourth-order valence-corrected chi connectivity index (χ4v) is 2.98. The molecule has 122 valence electrons. The predicted molar refractivity (Wildman–Crippen MR) is 81.4 cm³/mol. The molecule has 2 heterocycles. The molecule has 0 N–H and O–H groups in total. The average molecular weight is 317 g/mol. The van der Waals surface area contributed by atoms with E-state index in [4.69, 9.17) is 9.26 Å². The van der Waals surface area contributed by atoms with Gasteiger partial charge in [0.15, 0.2) is 5.82 Å². The summed E-state index contributed by atoms with van der Waals surface area (Å²) in [6.45, 7) is 4.27. The van der Waals surface area contributed by atoms with Crippen LogP contribution in [0.2, 0.25) is 0 Å². The van der Waals surface area contributed by atoms with E-state index in [0.717, 1.165) is 37.3 Å². The zero-order valence-electron chi connectivity index (χ0n) is 13.1. The number of rotatable bonds is 4. The fraction of sp³-hybridized carbons (Fsp3) is 0.529. The number of hydrogen-bond acceptors (Lipinski definition) is 5. The standard InChI is InChI=1S/C17H20FN3O2/c1-11(17-19-16(20-23-17)13-2-3-13)21-8-9-22-15(10-21)12-4-6-14(18)7-5-12/h4-7,11,13,15H,2-3,8-10H2,1H3/t11-,15-/m0/s1. The van der Waals surface area contributed by atoms with Gasteiger partial charge in [-0.15, -0.1) is 0 Å². The lowest BCUT2D eigenvalue weighted by Crippen LogP contribution is -2.40. The Morgan fingerprint density at radius 1 is 1.26 bits per heavy atom. The third-order valence-electron chi connectivity index (χ3n) is 4.64. The summed E-state index contributed by atoms with van der Waals surface area (Å²) in [5.41, 5.74) is 0.993. The van der Waals surface area contributed by atoms with Gasteiger partial charge in [-0.3, -0.25) is 4.90 Å². The number of halogens is 1. The highest BCUT2D eigenvalue weighted by atomic mass is 19.1. The van der Waals surface area contributed by atoms with E-state index in [-0.39, 0.29) is 18.0 Å². The molecule has 1 aromatic heterocycles. The molecule has 5 nitrogen and oxygen atoms in total. The molecular formula is C17H20FN3O2. The van der Waals surface area contributed by atoms with Crippen LogP contribution in [0.4, 0.5) is 4.39 Å². The van der Waals surface area contributed by atoms with Gasteiger partial charge >= 0.3 is 0 Å². The SMILES string of the molecule is C[C@@H](c1nc(C2CC2)no1)N1CCO[C@H](c2ccc(F)cc2)C1. The number of benzene rings is 1. The molecule has 1 saturated heterocycles. The maximum Gasteiger partial charge on any atom is 0.243 e. The Hall–Kier alpha value is -1.79. The molecular weight excluding hydrogens is 297 g/mol. The molecule has 1 aliphatic heterocycles. The first-order valence-corrected chi connectivity index (χ1v) is 8.15. The monoisotopic (exact) mass is 317 g/mol. The third kappa shape index (κ3) is 3.14. The summed E-state index contributed by atoms with van der Waals surface area (Å²) >= 11 is 0. The molecule has 1 aromatic carbocycles. The molecule has 0 amide bonds. The highest BCUT2D eigenvalue weighted by Crippen LogP contribution is 2.39. The van der Waals surface area contributed by atoms with Crippen molar-refractivity contribution in [2.24, 2.45) is 0 Å². The van der Waals surface area contributed by atoms with Crippen LogP contribution in [-0.2, 0) is 4.74 Å². The highest BCUT2D eigenvalue weighted by molar-refractivity contribution is 5.19. The second kappa shape index (κ2) is 6.02. The molecule has 2 aliphatic rings. The van der Waals surface area contributed by atoms with Crippen LogP contribution in [0.1, 0.15) is 55.1 Å². The average Bonchev–Trinajstić information content (AvgIpc) is 3.32. The summed E-state index contributed by atoms with van der Waals surface area (Å²) in [6.07, 6.45) is 2.27. The Kier molecular flexibility index (Phi) is 3.87. The molecule has 0 unspecified atom stereocenters. The van der Waals surface area contributed by atoms with Crippen molar-refractivity contribution < 1.29 is 13.7 Å². The van der Waals surface area contributed by atoms with Gasteiger partial charge in [0.05, 0.1) is 18.8 Å². The van der Waals surface area contributed by atoms with Gasteiger partial charge < -0.3 is 9.26 Å². The molecule has 1 aliphatic carbocycles. The van der Waals surface area contributed by atoms with Crippen molar-refractivity contribution in [3.63, 3.8) is 0 Å². The minimum absolute atomic E-state index is 0.0573. The Morgan fingerprint density at radius 3 is 2.78 bits per heavy atom. The van der Waals surface area contributed by atoms with Crippen LogP contribution in [0.25, 0.3) is 0 Å². The van der Waals surface area contributed by atoms with Crippen LogP contribution in [0.15, 0.2) is 28.8 Å². The first-order valence-electron chi connectivity index (χ1n) is 8.15. The van der Waals surface area contributed by atoms with Crippen LogP contribution >= 0.6 is 0 Å². The Morgan fingerprint density at radius 2 is 2.04 bits per heavy atom. The molecule has 23 heavy (non-hydrogen) atoms. The summed E-state index contributed by atoms with van der Waals surface area (Å²) in [7, 11) is 0. The van der Waals surface area contributed by atoms with Crippen LogP contribution < -0.4 is 0 Å². The van der Waals surface area contributed by atoms with E-state index >= 15 is 0 Å². The number of ether oxygens (including phenoxy) is 1. The molecule has 4 rings (SSSR count).